The number of hydrogen-bond donors (Lipinski definition) is 3. The van der Waals surface area contributed by atoms with Gasteiger partial charge in [-0.3, -0.25) is 4.99 Å². The molecule has 0 bridgehead atoms. The fourth-order valence-electron chi connectivity index (χ4n) is 1.85. The normalized spacial score (nSPS) is 12.2. The van der Waals surface area contributed by atoms with E-state index in [-0.39, 0.29) is 5.75 Å². The standard InChI is InChI=1S/C15H26N4O2S/c1-4-22(20,21)19-10-6-9-17-15(16-3)18-12-14-8-5-7-13(2)11-14/h5,7-8,11,19H,4,6,9-10,12H2,1-3H3,(H2,16,17,18). The van der Waals surface area contributed by atoms with Gasteiger partial charge in [-0.2, -0.15) is 0 Å². The summed E-state index contributed by atoms with van der Waals surface area (Å²) < 4.78 is 25.1. The molecule has 3 N–H and O–H groups in total. The van der Waals surface area contributed by atoms with Crippen LogP contribution in [0.2, 0.25) is 0 Å². The lowest BCUT2D eigenvalue weighted by Crippen LogP contribution is -2.38. The minimum absolute atomic E-state index is 0.111. The number of guanidine groups is 1. The highest BCUT2D eigenvalue weighted by Crippen LogP contribution is 2.02. The molecular formula is C15H26N4O2S. The molecule has 124 valence electrons. The molecule has 1 aromatic carbocycles. The van der Waals surface area contributed by atoms with Crippen LogP contribution in [0.5, 0.6) is 0 Å². The molecule has 0 aliphatic carbocycles. The highest BCUT2D eigenvalue weighted by Gasteiger charge is 2.04. The molecule has 0 aromatic heterocycles. The molecule has 0 amide bonds. The third-order valence-corrected chi connectivity index (χ3v) is 4.52. The van der Waals surface area contributed by atoms with Crippen LogP contribution >= 0.6 is 0 Å². The number of hydrogen-bond acceptors (Lipinski definition) is 3. The minimum atomic E-state index is -3.10. The highest BCUT2D eigenvalue weighted by atomic mass is 32.2. The van der Waals surface area contributed by atoms with Gasteiger partial charge in [0.05, 0.1) is 5.75 Å². The Labute approximate surface area is 133 Å². The fraction of sp³-hybridized carbons (Fsp3) is 0.533. The smallest absolute Gasteiger partial charge is 0.211 e. The van der Waals surface area contributed by atoms with Gasteiger partial charge < -0.3 is 10.6 Å². The van der Waals surface area contributed by atoms with Crippen molar-refractivity contribution < 1.29 is 8.42 Å². The average molecular weight is 326 g/mol. The van der Waals surface area contributed by atoms with Gasteiger partial charge in [0.15, 0.2) is 5.96 Å². The second-order valence-corrected chi connectivity index (χ2v) is 7.09. The topological polar surface area (TPSA) is 82.6 Å². The van der Waals surface area contributed by atoms with E-state index in [9.17, 15) is 8.42 Å². The molecule has 0 saturated carbocycles. The number of nitrogens with one attached hydrogen (secondary N) is 3. The molecule has 1 rings (SSSR count). The van der Waals surface area contributed by atoms with Crippen LogP contribution in [0.3, 0.4) is 0 Å². The number of aryl methyl sites for hydroxylation is 1. The molecule has 7 heteroatoms. The zero-order valence-corrected chi connectivity index (χ0v) is 14.3. The molecule has 0 aliphatic heterocycles. The van der Waals surface area contributed by atoms with Gasteiger partial charge in [-0.1, -0.05) is 29.8 Å². The Balaban J connectivity index is 2.26. The highest BCUT2D eigenvalue weighted by molar-refractivity contribution is 7.89. The molecule has 0 radical (unpaired) electrons. The van der Waals surface area contributed by atoms with Crippen molar-refractivity contribution in [2.75, 3.05) is 25.9 Å². The lowest BCUT2D eigenvalue weighted by molar-refractivity contribution is 0.579. The Kier molecular flexibility index (Phi) is 7.90. The molecule has 0 spiro atoms. The number of nitrogens with zero attached hydrogens (tertiary/aromatic N) is 1. The van der Waals surface area contributed by atoms with Crippen molar-refractivity contribution in [3.8, 4) is 0 Å². The van der Waals surface area contributed by atoms with E-state index in [1.165, 1.54) is 11.1 Å². The number of benzene rings is 1. The maximum atomic E-state index is 11.3. The van der Waals surface area contributed by atoms with Crippen LogP contribution in [0.15, 0.2) is 29.3 Å². The van der Waals surface area contributed by atoms with Crippen molar-refractivity contribution in [1.29, 1.82) is 0 Å². The summed E-state index contributed by atoms with van der Waals surface area (Å²) in [7, 11) is -1.39. The largest absolute Gasteiger partial charge is 0.356 e. The van der Waals surface area contributed by atoms with E-state index in [4.69, 9.17) is 0 Å². The van der Waals surface area contributed by atoms with E-state index in [2.05, 4.69) is 45.5 Å². The van der Waals surface area contributed by atoms with Crippen molar-refractivity contribution in [1.82, 2.24) is 15.4 Å². The van der Waals surface area contributed by atoms with Crippen LogP contribution in [0, 0.1) is 6.92 Å². The van der Waals surface area contributed by atoms with E-state index in [1.807, 2.05) is 6.07 Å². The monoisotopic (exact) mass is 326 g/mol. The molecule has 0 unspecified atom stereocenters. The van der Waals surface area contributed by atoms with E-state index in [0.29, 0.717) is 32.0 Å². The van der Waals surface area contributed by atoms with Crippen LogP contribution < -0.4 is 15.4 Å². The van der Waals surface area contributed by atoms with Crippen LogP contribution in [-0.4, -0.2) is 40.3 Å². The molecule has 0 aliphatic rings. The summed E-state index contributed by atoms with van der Waals surface area (Å²) >= 11 is 0. The quantitative estimate of drug-likeness (QED) is 0.378. The second-order valence-electron chi connectivity index (χ2n) is 4.99. The fourth-order valence-corrected chi connectivity index (χ4v) is 2.51. The predicted octanol–water partition coefficient (Wildman–Crippen LogP) is 0.989. The van der Waals surface area contributed by atoms with Gasteiger partial charge in [-0.05, 0) is 25.8 Å². The zero-order valence-electron chi connectivity index (χ0n) is 13.5. The van der Waals surface area contributed by atoms with Gasteiger partial charge in [0.25, 0.3) is 0 Å². The summed E-state index contributed by atoms with van der Waals surface area (Å²) in [5.74, 6) is 0.819. The summed E-state index contributed by atoms with van der Waals surface area (Å²) in [5.41, 5.74) is 2.42. The molecule has 0 atom stereocenters. The molecular weight excluding hydrogens is 300 g/mol. The maximum Gasteiger partial charge on any atom is 0.211 e. The lowest BCUT2D eigenvalue weighted by atomic mass is 10.1. The summed E-state index contributed by atoms with van der Waals surface area (Å²) in [6, 6.07) is 8.28. The summed E-state index contributed by atoms with van der Waals surface area (Å²) in [4.78, 5) is 4.14. The average Bonchev–Trinajstić information content (AvgIpc) is 2.50. The summed E-state index contributed by atoms with van der Waals surface area (Å²) in [6.07, 6.45) is 0.699. The van der Waals surface area contributed by atoms with Crippen molar-refractivity contribution in [3.63, 3.8) is 0 Å². The lowest BCUT2D eigenvalue weighted by Gasteiger charge is -2.12. The van der Waals surface area contributed by atoms with Gasteiger partial charge in [-0.15, -0.1) is 0 Å². The van der Waals surface area contributed by atoms with Crippen LogP contribution in [0.4, 0.5) is 0 Å². The first kappa shape index (κ1) is 18.4. The summed E-state index contributed by atoms with van der Waals surface area (Å²) in [5, 5.41) is 6.39. The zero-order chi connectivity index (χ0) is 16.4. The Hall–Kier alpha value is -1.60. The minimum Gasteiger partial charge on any atom is -0.356 e. The number of rotatable bonds is 8. The van der Waals surface area contributed by atoms with Crippen molar-refractivity contribution in [2.24, 2.45) is 4.99 Å². The number of sulfonamides is 1. The van der Waals surface area contributed by atoms with E-state index in [0.717, 1.165) is 0 Å². The maximum absolute atomic E-state index is 11.3. The van der Waals surface area contributed by atoms with Crippen LogP contribution in [0.1, 0.15) is 24.5 Å². The van der Waals surface area contributed by atoms with Gasteiger partial charge in [-0.25, -0.2) is 13.1 Å². The first-order valence-corrected chi connectivity index (χ1v) is 9.09. The SMILES string of the molecule is CCS(=O)(=O)NCCCNC(=NC)NCc1cccc(C)c1. The van der Waals surface area contributed by atoms with Crippen molar-refractivity contribution >= 4 is 16.0 Å². The number of aliphatic imine (C=N–C) groups is 1. The Morgan fingerprint density at radius 3 is 2.64 bits per heavy atom. The van der Waals surface area contributed by atoms with Gasteiger partial charge >= 0.3 is 0 Å². The molecule has 1 aromatic rings. The third-order valence-electron chi connectivity index (χ3n) is 3.11. The Morgan fingerprint density at radius 1 is 1.23 bits per heavy atom. The van der Waals surface area contributed by atoms with Gasteiger partial charge in [0, 0.05) is 26.7 Å². The molecule has 6 nitrogen and oxygen atoms in total. The van der Waals surface area contributed by atoms with E-state index >= 15 is 0 Å². The molecule has 22 heavy (non-hydrogen) atoms. The first-order valence-electron chi connectivity index (χ1n) is 7.44. The van der Waals surface area contributed by atoms with Crippen molar-refractivity contribution in [3.05, 3.63) is 35.4 Å². The van der Waals surface area contributed by atoms with Gasteiger partial charge in [0.2, 0.25) is 10.0 Å². The van der Waals surface area contributed by atoms with Crippen LogP contribution in [-0.2, 0) is 16.6 Å². The van der Waals surface area contributed by atoms with Gasteiger partial charge in [0.1, 0.15) is 0 Å². The molecule has 0 fully saturated rings. The Bertz CT molecular complexity index is 585. The first-order chi connectivity index (χ1) is 10.5. The Morgan fingerprint density at radius 2 is 2.00 bits per heavy atom. The van der Waals surface area contributed by atoms with Crippen LogP contribution in [0.25, 0.3) is 0 Å². The third kappa shape index (κ3) is 7.42. The molecule has 0 heterocycles. The summed E-state index contributed by atoms with van der Waals surface area (Å²) in [6.45, 7) is 5.47. The second kappa shape index (κ2) is 9.42. The van der Waals surface area contributed by atoms with Crippen molar-refractivity contribution in [2.45, 2.75) is 26.8 Å². The predicted molar refractivity (Wildman–Crippen MR) is 91.5 cm³/mol. The van der Waals surface area contributed by atoms with E-state index < -0.39 is 10.0 Å². The molecule has 0 saturated heterocycles. The van der Waals surface area contributed by atoms with E-state index in [1.54, 1.807) is 14.0 Å².